The predicted molar refractivity (Wildman–Crippen MR) is 123 cm³/mol. The summed E-state index contributed by atoms with van der Waals surface area (Å²) in [6.07, 6.45) is 2.21. The van der Waals surface area contributed by atoms with Crippen LogP contribution in [0.4, 0.5) is 5.13 Å². The summed E-state index contributed by atoms with van der Waals surface area (Å²) >= 11 is 5.42. The number of thiazole rings is 1. The van der Waals surface area contributed by atoms with E-state index >= 15 is 0 Å². The molecule has 0 radical (unpaired) electrons. The molecule has 5 rings (SSSR count). The first-order valence-electron chi connectivity index (χ1n) is 9.62. The maximum Gasteiger partial charge on any atom is 0.257 e. The summed E-state index contributed by atoms with van der Waals surface area (Å²) in [5.74, 6) is 3.27. The van der Waals surface area contributed by atoms with Gasteiger partial charge in [-0.05, 0) is 59.4 Å². The van der Waals surface area contributed by atoms with Crippen LogP contribution in [0.2, 0.25) is 0 Å². The third-order valence-electron chi connectivity index (χ3n) is 4.98. The molecule has 4 nitrogen and oxygen atoms in total. The third kappa shape index (κ3) is 4.17. The second-order valence-electron chi connectivity index (χ2n) is 6.96. The summed E-state index contributed by atoms with van der Waals surface area (Å²) in [6.45, 7) is 0.744. The molecule has 29 heavy (non-hydrogen) atoms. The highest BCUT2D eigenvalue weighted by atomic mass is 32.2. The smallest absolute Gasteiger partial charge is 0.257 e. The largest absolute Gasteiger partial charge is 0.493 e. The van der Waals surface area contributed by atoms with Crippen molar-refractivity contribution in [2.24, 2.45) is 0 Å². The number of carbonyl (C=O) groups excluding carboxylic acids is 1. The van der Waals surface area contributed by atoms with E-state index in [2.05, 4.69) is 28.5 Å². The Kier molecular flexibility index (Phi) is 5.52. The van der Waals surface area contributed by atoms with Crippen molar-refractivity contribution in [1.29, 1.82) is 0 Å². The quantitative estimate of drug-likeness (QED) is 0.550. The van der Waals surface area contributed by atoms with Crippen molar-refractivity contribution in [3.05, 3.63) is 64.5 Å². The molecule has 1 fully saturated rings. The van der Waals surface area contributed by atoms with Crippen molar-refractivity contribution < 1.29 is 9.53 Å². The van der Waals surface area contributed by atoms with Crippen molar-refractivity contribution >= 4 is 45.9 Å². The highest BCUT2D eigenvalue weighted by Crippen LogP contribution is 2.43. The van der Waals surface area contributed by atoms with Gasteiger partial charge in [-0.25, -0.2) is 4.98 Å². The molecule has 3 heterocycles. The van der Waals surface area contributed by atoms with E-state index in [1.54, 1.807) is 0 Å². The number of hydrogen-bond acceptors (Lipinski definition) is 6. The van der Waals surface area contributed by atoms with Crippen molar-refractivity contribution in [3.63, 3.8) is 0 Å². The Bertz CT molecular complexity index is 1030. The van der Waals surface area contributed by atoms with E-state index in [1.165, 1.54) is 40.4 Å². The van der Waals surface area contributed by atoms with Gasteiger partial charge in [0, 0.05) is 22.9 Å². The van der Waals surface area contributed by atoms with Gasteiger partial charge >= 0.3 is 0 Å². The van der Waals surface area contributed by atoms with Gasteiger partial charge in [0.15, 0.2) is 5.13 Å². The van der Waals surface area contributed by atoms with Crippen LogP contribution in [0.25, 0.3) is 11.3 Å². The lowest BCUT2D eigenvalue weighted by molar-refractivity contribution is 0.102. The summed E-state index contributed by atoms with van der Waals surface area (Å²) in [5.41, 5.74) is 5.09. The molecule has 1 N–H and O–H groups in total. The Morgan fingerprint density at radius 1 is 1.10 bits per heavy atom. The summed E-state index contributed by atoms with van der Waals surface area (Å²) in [5, 5.41) is 5.53. The topological polar surface area (TPSA) is 51.2 Å². The second-order valence-corrected chi connectivity index (χ2v) is 10.5. The number of nitrogens with zero attached hydrogens (tertiary/aromatic N) is 1. The van der Waals surface area contributed by atoms with Crippen molar-refractivity contribution in [1.82, 2.24) is 4.98 Å². The maximum atomic E-state index is 12.6. The van der Waals surface area contributed by atoms with E-state index in [9.17, 15) is 4.79 Å². The fraction of sp³-hybridized carbons (Fsp3) is 0.273. The summed E-state index contributed by atoms with van der Waals surface area (Å²) in [6, 6.07) is 14.1. The molecule has 1 amide bonds. The number of aromatic nitrogens is 1. The molecule has 2 aliphatic rings. The molecule has 0 spiro atoms. The first-order chi connectivity index (χ1) is 14.3. The van der Waals surface area contributed by atoms with E-state index in [1.807, 2.05) is 53.2 Å². The van der Waals surface area contributed by atoms with Crippen molar-refractivity contribution in [3.8, 4) is 17.0 Å². The molecule has 3 aromatic rings. The number of hydrogen-bond donors (Lipinski definition) is 1. The zero-order valence-corrected chi connectivity index (χ0v) is 18.2. The molecule has 148 valence electrons. The first-order valence-corrected chi connectivity index (χ1v) is 12.6. The molecule has 0 unspecified atom stereocenters. The van der Waals surface area contributed by atoms with Crippen LogP contribution >= 0.6 is 34.9 Å². The van der Waals surface area contributed by atoms with Crippen LogP contribution in [0.1, 0.15) is 32.5 Å². The minimum absolute atomic E-state index is 0.122. The monoisotopic (exact) mass is 440 g/mol. The van der Waals surface area contributed by atoms with Gasteiger partial charge in [0.1, 0.15) is 5.75 Å². The number of nitrogens with one attached hydrogen (secondary N) is 1. The summed E-state index contributed by atoms with van der Waals surface area (Å²) < 4.78 is 6.05. The number of rotatable bonds is 4. The van der Waals surface area contributed by atoms with Gasteiger partial charge in [-0.1, -0.05) is 12.1 Å². The lowest BCUT2D eigenvalue weighted by Gasteiger charge is -2.21. The molecule has 1 saturated heterocycles. The lowest BCUT2D eigenvalue weighted by Crippen LogP contribution is -2.11. The van der Waals surface area contributed by atoms with Crippen LogP contribution < -0.4 is 10.1 Å². The molecule has 0 bridgehead atoms. The first kappa shape index (κ1) is 19.0. The van der Waals surface area contributed by atoms with Crippen LogP contribution in [0, 0.1) is 0 Å². The number of ether oxygens (including phenoxy) is 1. The zero-order valence-electron chi connectivity index (χ0n) is 15.7. The van der Waals surface area contributed by atoms with Gasteiger partial charge in [-0.15, -0.1) is 34.9 Å². The summed E-state index contributed by atoms with van der Waals surface area (Å²) in [7, 11) is 0. The van der Waals surface area contributed by atoms with Gasteiger partial charge < -0.3 is 4.74 Å². The number of thioether (sulfide) groups is 2. The standard InChI is InChI=1S/C22H20N2O2S3/c25-20(14-2-4-15(5-3-14)21-27-10-1-11-28-21)24-22-23-18(13-29-22)16-6-7-19-17(12-16)8-9-26-19/h2-7,12-13,21H,1,8-11H2,(H,23,24,25). The Morgan fingerprint density at radius 3 is 2.76 bits per heavy atom. The molecule has 7 heteroatoms. The number of fused-ring (bicyclic) bond motifs is 1. The molecule has 0 atom stereocenters. The number of amides is 1. The van der Waals surface area contributed by atoms with Crippen LogP contribution in [0.5, 0.6) is 5.75 Å². The maximum absolute atomic E-state index is 12.6. The molecule has 2 aromatic carbocycles. The minimum Gasteiger partial charge on any atom is -0.493 e. The van der Waals surface area contributed by atoms with Crippen LogP contribution in [-0.4, -0.2) is 29.0 Å². The molecule has 2 aliphatic heterocycles. The number of benzene rings is 2. The fourth-order valence-electron chi connectivity index (χ4n) is 3.45. The van der Waals surface area contributed by atoms with Crippen molar-refractivity contribution in [2.45, 2.75) is 17.4 Å². The van der Waals surface area contributed by atoms with Gasteiger partial charge in [0.05, 0.1) is 16.9 Å². The fourth-order valence-corrected chi connectivity index (χ4v) is 7.06. The number of carbonyl (C=O) groups is 1. The van der Waals surface area contributed by atoms with E-state index in [0.29, 0.717) is 15.3 Å². The molecule has 0 saturated carbocycles. The van der Waals surface area contributed by atoms with E-state index < -0.39 is 0 Å². The molecule has 0 aliphatic carbocycles. The third-order valence-corrected chi connectivity index (χ3v) is 8.75. The second kappa shape index (κ2) is 8.42. The minimum atomic E-state index is -0.122. The van der Waals surface area contributed by atoms with Gasteiger partial charge in [0.2, 0.25) is 0 Å². The zero-order chi connectivity index (χ0) is 19.6. The Labute approximate surface area is 182 Å². The van der Waals surface area contributed by atoms with E-state index in [-0.39, 0.29) is 5.91 Å². The molecular weight excluding hydrogens is 420 g/mol. The van der Waals surface area contributed by atoms with Crippen LogP contribution in [-0.2, 0) is 6.42 Å². The Hall–Kier alpha value is -1.96. The average Bonchev–Trinajstić information content (AvgIpc) is 3.43. The van der Waals surface area contributed by atoms with Gasteiger partial charge in [-0.3, -0.25) is 10.1 Å². The van der Waals surface area contributed by atoms with Crippen molar-refractivity contribution in [2.75, 3.05) is 23.4 Å². The van der Waals surface area contributed by atoms with Crippen LogP contribution in [0.15, 0.2) is 47.8 Å². The van der Waals surface area contributed by atoms with Gasteiger partial charge in [-0.2, -0.15) is 0 Å². The normalized spacial score (nSPS) is 16.3. The Morgan fingerprint density at radius 2 is 1.93 bits per heavy atom. The predicted octanol–water partition coefficient (Wildman–Crippen LogP) is 5.87. The van der Waals surface area contributed by atoms with E-state index in [0.717, 1.165) is 30.0 Å². The molecular formula is C22H20N2O2S3. The van der Waals surface area contributed by atoms with E-state index in [4.69, 9.17) is 4.74 Å². The highest BCUT2D eigenvalue weighted by Gasteiger charge is 2.18. The SMILES string of the molecule is O=C(Nc1nc(-c2ccc3c(c2)CCO3)cs1)c1ccc(C2SCCCS2)cc1. The lowest BCUT2D eigenvalue weighted by atomic mass is 10.1. The average molecular weight is 441 g/mol. The van der Waals surface area contributed by atoms with Gasteiger partial charge in [0.25, 0.3) is 5.91 Å². The number of anilines is 1. The summed E-state index contributed by atoms with van der Waals surface area (Å²) in [4.78, 5) is 17.2. The molecule has 1 aromatic heterocycles. The Balaban J connectivity index is 1.26. The van der Waals surface area contributed by atoms with Crippen LogP contribution in [0.3, 0.4) is 0 Å². The highest BCUT2D eigenvalue weighted by molar-refractivity contribution is 8.16.